The van der Waals surface area contributed by atoms with Crippen LogP contribution in [-0.4, -0.2) is 35.1 Å². The van der Waals surface area contributed by atoms with Crippen LogP contribution < -0.4 is 0 Å². The lowest BCUT2D eigenvalue weighted by molar-refractivity contribution is 0.0664. The first kappa shape index (κ1) is 14.0. The van der Waals surface area contributed by atoms with Gasteiger partial charge in [0.05, 0.1) is 6.61 Å². The van der Waals surface area contributed by atoms with Gasteiger partial charge in [0, 0.05) is 23.2 Å². The number of amides is 1. The number of hydrogen-bond donors (Lipinski definition) is 1. The molecule has 0 aliphatic rings. The van der Waals surface area contributed by atoms with E-state index in [9.17, 15) is 4.79 Å². The zero-order chi connectivity index (χ0) is 13.0. The zero-order valence-corrected chi connectivity index (χ0v) is 11.2. The standard InChI is InChI=1S/C13H18ClNO2/c1-9(2)15(7-8-16)13(17)11-5-4-6-12(14)10(11)3/h4-6,9,16H,7-8H2,1-3H3. The van der Waals surface area contributed by atoms with Gasteiger partial charge in [0.25, 0.3) is 5.91 Å². The highest BCUT2D eigenvalue weighted by molar-refractivity contribution is 6.31. The smallest absolute Gasteiger partial charge is 0.254 e. The number of carbonyl (C=O) groups excluding carboxylic acids is 1. The maximum Gasteiger partial charge on any atom is 0.254 e. The van der Waals surface area contributed by atoms with E-state index in [1.165, 1.54) is 0 Å². The third kappa shape index (κ3) is 3.20. The Kier molecular flexibility index (Phi) is 4.97. The maximum absolute atomic E-state index is 12.3. The molecule has 0 fully saturated rings. The Balaban J connectivity index is 3.05. The van der Waals surface area contributed by atoms with E-state index in [1.807, 2.05) is 20.8 Å². The fourth-order valence-corrected chi connectivity index (χ4v) is 1.87. The molecular formula is C13H18ClNO2. The molecule has 1 rings (SSSR count). The summed E-state index contributed by atoms with van der Waals surface area (Å²) in [4.78, 5) is 13.9. The summed E-state index contributed by atoms with van der Waals surface area (Å²) in [7, 11) is 0. The molecule has 94 valence electrons. The predicted molar refractivity (Wildman–Crippen MR) is 69.4 cm³/mol. The summed E-state index contributed by atoms with van der Waals surface area (Å²) in [5.41, 5.74) is 1.38. The molecule has 1 aromatic rings. The van der Waals surface area contributed by atoms with Gasteiger partial charge < -0.3 is 10.0 Å². The molecule has 0 atom stereocenters. The third-order valence-corrected chi connectivity index (χ3v) is 3.13. The molecule has 1 aromatic carbocycles. The first-order chi connectivity index (χ1) is 7.99. The van der Waals surface area contributed by atoms with Gasteiger partial charge in [-0.15, -0.1) is 0 Å². The van der Waals surface area contributed by atoms with Gasteiger partial charge in [-0.3, -0.25) is 4.79 Å². The lowest BCUT2D eigenvalue weighted by Crippen LogP contribution is -2.39. The first-order valence-electron chi connectivity index (χ1n) is 5.66. The summed E-state index contributed by atoms with van der Waals surface area (Å²) < 4.78 is 0. The number of carbonyl (C=O) groups is 1. The van der Waals surface area contributed by atoms with Gasteiger partial charge in [-0.25, -0.2) is 0 Å². The van der Waals surface area contributed by atoms with E-state index in [0.29, 0.717) is 17.1 Å². The van der Waals surface area contributed by atoms with Crippen LogP contribution in [0.3, 0.4) is 0 Å². The minimum absolute atomic E-state index is 0.0382. The molecule has 0 aromatic heterocycles. The summed E-state index contributed by atoms with van der Waals surface area (Å²) in [6, 6.07) is 5.34. The quantitative estimate of drug-likeness (QED) is 0.898. The number of rotatable bonds is 4. The lowest BCUT2D eigenvalue weighted by atomic mass is 10.1. The molecule has 4 heteroatoms. The Morgan fingerprint density at radius 3 is 2.65 bits per heavy atom. The number of aliphatic hydroxyl groups excluding tert-OH is 1. The van der Waals surface area contributed by atoms with E-state index in [2.05, 4.69) is 0 Å². The van der Waals surface area contributed by atoms with E-state index in [4.69, 9.17) is 16.7 Å². The summed E-state index contributed by atoms with van der Waals surface area (Å²) in [6.07, 6.45) is 0. The van der Waals surface area contributed by atoms with Crippen LogP contribution in [0.5, 0.6) is 0 Å². The van der Waals surface area contributed by atoms with E-state index in [0.717, 1.165) is 5.56 Å². The minimum Gasteiger partial charge on any atom is -0.395 e. The lowest BCUT2D eigenvalue weighted by Gasteiger charge is -2.26. The van der Waals surface area contributed by atoms with Crippen molar-refractivity contribution in [2.45, 2.75) is 26.8 Å². The number of benzene rings is 1. The highest BCUT2D eigenvalue weighted by Crippen LogP contribution is 2.20. The second-order valence-corrected chi connectivity index (χ2v) is 4.64. The van der Waals surface area contributed by atoms with Crippen LogP contribution in [-0.2, 0) is 0 Å². The number of aliphatic hydroxyl groups is 1. The van der Waals surface area contributed by atoms with Crippen molar-refractivity contribution in [3.63, 3.8) is 0 Å². The fraction of sp³-hybridized carbons (Fsp3) is 0.462. The molecule has 3 nitrogen and oxygen atoms in total. The van der Waals surface area contributed by atoms with Crippen molar-refractivity contribution in [1.82, 2.24) is 4.90 Å². The average molecular weight is 256 g/mol. The largest absolute Gasteiger partial charge is 0.395 e. The monoisotopic (exact) mass is 255 g/mol. The minimum atomic E-state index is -0.0888. The summed E-state index contributed by atoms with van der Waals surface area (Å²) in [5, 5.41) is 9.57. The van der Waals surface area contributed by atoms with Gasteiger partial charge in [0.15, 0.2) is 0 Å². The summed E-state index contributed by atoms with van der Waals surface area (Å²) in [6.45, 7) is 5.97. The van der Waals surface area contributed by atoms with Gasteiger partial charge in [-0.05, 0) is 38.5 Å². The molecule has 0 unspecified atom stereocenters. The van der Waals surface area contributed by atoms with Crippen LogP contribution in [0.25, 0.3) is 0 Å². The van der Waals surface area contributed by atoms with Gasteiger partial charge in [0.1, 0.15) is 0 Å². The summed E-state index contributed by atoms with van der Waals surface area (Å²) >= 11 is 6.00. The van der Waals surface area contributed by atoms with Gasteiger partial charge >= 0.3 is 0 Å². The molecule has 0 heterocycles. The topological polar surface area (TPSA) is 40.5 Å². The molecule has 0 saturated carbocycles. The molecule has 0 saturated heterocycles. The predicted octanol–water partition coefficient (Wildman–Crippen LogP) is 2.49. The van der Waals surface area contributed by atoms with Crippen molar-refractivity contribution in [1.29, 1.82) is 0 Å². The van der Waals surface area contributed by atoms with Crippen LogP contribution in [0.2, 0.25) is 5.02 Å². The van der Waals surface area contributed by atoms with E-state index in [1.54, 1.807) is 23.1 Å². The van der Waals surface area contributed by atoms with Crippen molar-refractivity contribution in [3.05, 3.63) is 34.3 Å². The van der Waals surface area contributed by atoms with Crippen LogP contribution >= 0.6 is 11.6 Å². The van der Waals surface area contributed by atoms with Crippen molar-refractivity contribution in [3.8, 4) is 0 Å². The Morgan fingerprint density at radius 2 is 2.12 bits per heavy atom. The Bertz CT molecular complexity index is 404. The van der Waals surface area contributed by atoms with Crippen molar-refractivity contribution in [2.24, 2.45) is 0 Å². The average Bonchev–Trinajstić information content (AvgIpc) is 2.28. The van der Waals surface area contributed by atoms with E-state index >= 15 is 0 Å². The fourth-order valence-electron chi connectivity index (χ4n) is 1.70. The zero-order valence-electron chi connectivity index (χ0n) is 10.4. The number of halogens is 1. The molecule has 0 bridgehead atoms. The first-order valence-corrected chi connectivity index (χ1v) is 6.03. The number of hydrogen-bond acceptors (Lipinski definition) is 2. The molecule has 1 N–H and O–H groups in total. The van der Waals surface area contributed by atoms with Crippen LogP contribution in [0.4, 0.5) is 0 Å². The van der Waals surface area contributed by atoms with Crippen LogP contribution in [0.1, 0.15) is 29.8 Å². The molecule has 17 heavy (non-hydrogen) atoms. The van der Waals surface area contributed by atoms with E-state index in [-0.39, 0.29) is 18.6 Å². The SMILES string of the molecule is Cc1c(Cl)cccc1C(=O)N(CCO)C(C)C. The normalized spacial score (nSPS) is 10.7. The molecule has 0 spiro atoms. The van der Waals surface area contributed by atoms with Crippen molar-refractivity contribution < 1.29 is 9.90 Å². The highest BCUT2D eigenvalue weighted by atomic mass is 35.5. The van der Waals surface area contributed by atoms with Crippen LogP contribution in [0, 0.1) is 6.92 Å². The van der Waals surface area contributed by atoms with Gasteiger partial charge in [-0.2, -0.15) is 0 Å². The van der Waals surface area contributed by atoms with Crippen molar-refractivity contribution in [2.75, 3.05) is 13.2 Å². The molecule has 0 radical (unpaired) electrons. The van der Waals surface area contributed by atoms with Crippen LogP contribution in [0.15, 0.2) is 18.2 Å². The Hall–Kier alpha value is -1.06. The highest BCUT2D eigenvalue weighted by Gasteiger charge is 2.20. The summed E-state index contributed by atoms with van der Waals surface area (Å²) in [5.74, 6) is -0.0888. The molecule has 1 amide bonds. The maximum atomic E-state index is 12.3. The van der Waals surface area contributed by atoms with Crippen molar-refractivity contribution >= 4 is 17.5 Å². The molecule has 0 aliphatic heterocycles. The van der Waals surface area contributed by atoms with Gasteiger partial charge in [0.2, 0.25) is 0 Å². The molecule has 0 aliphatic carbocycles. The second kappa shape index (κ2) is 6.03. The van der Waals surface area contributed by atoms with E-state index < -0.39 is 0 Å². The molecular weight excluding hydrogens is 238 g/mol. The second-order valence-electron chi connectivity index (χ2n) is 4.23. The number of nitrogens with zero attached hydrogens (tertiary/aromatic N) is 1. The Morgan fingerprint density at radius 1 is 1.47 bits per heavy atom. The third-order valence-electron chi connectivity index (χ3n) is 2.72. The van der Waals surface area contributed by atoms with Gasteiger partial charge in [-0.1, -0.05) is 17.7 Å². The Labute approximate surface area is 107 Å².